The number of nitrogens with zero attached hydrogens (tertiary/aromatic N) is 1. The maximum atomic E-state index is 12.7. The minimum Gasteiger partial charge on any atom is -0.457 e. The van der Waals surface area contributed by atoms with Gasteiger partial charge < -0.3 is 4.74 Å². The zero-order chi connectivity index (χ0) is 18.5. The van der Waals surface area contributed by atoms with E-state index in [0.29, 0.717) is 5.56 Å². The van der Waals surface area contributed by atoms with Gasteiger partial charge >= 0.3 is 5.97 Å². The highest BCUT2D eigenvalue weighted by Gasteiger charge is 2.20. The van der Waals surface area contributed by atoms with Gasteiger partial charge in [-0.3, -0.25) is 10.1 Å². The minimum atomic E-state index is -0.587. The summed E-state index contributed by atoms with van der Waals surface area (Å²) in [7, 11) is 0. The van der Waals surface area contributed by atoms with E-state index in [-0.39, 0.29) is 17.9 Å². The van der Waals surface area contributed by atoms with Crippen molar-refractivity contribution in [2.75, 3.05) is 0 Å². The summed E-state index contributed by atoms with van der Waals surface area (Å²) in [5.41, 5.74) is 3.32. The van der Waals surface area contributed by atoms with Crippen LogP contribution in [0.15, 0.2) is 72.8 Å². The van der Waals surface area contributed by atoms with Gasteiger partial charge in [-0.15, -0.1) is 0 Å². The van der Waals surface area contributed by atoms with Crippen LogP contribution in [0.1, 0.15) is 21.5 Å². The van der Waals surface area contributed by atoms with Gasteiger partial charge in [-0.1, -0.05) is 54.6 Å². The van der Waals surface area contributed by atoms with E-state index >= 15 is 0 Å². The van der Waals surface area contributed by atoms with Crippen molar-refractivity contribution in [3.63, 3.8) is 0 Å². The standard InChI is InChI=1S/C21H17NO4/c1-15-7-5-6-10-18(15)19-12-11-17(22(24)25)13-20(19)21(23)26-14-16-8-3-2-4-9-16/h2-13H,14H2,1H3. The second kappa shape index (κ2) is 7.61. The Labute approximate surface area is 151 Å². The SMILES string of the molecule is Cc1ccccc1-c1ccc([N+](=O)[O-])cc1C(=O)OCc1ccccc1. The van der Waals surface area contributed by atoms with Gasteiger partial charge in [0.05, 0.1) is 10.5 Å². The van der Waals surface area contributed by atoms with Gasteiger partial charge in [-0.2, -0.15) is 0 Å². The van der Waals surface area contributed by atoms with Gasteiger partial charge in [-0.25, -0.2) is 4.79 Å². The maximum Gasteiger partial charge on any atom is 0.339 e. The molecule has 26 heavy (non-hydrogen) atoms. The average molecular weight is 347 g/mol. The molecule has 0 fully saturated rings. The van der Waals surface area contributed by atoms with Gasteiger partial charge in [0.15, 0.2) is 0 Å². The Bertz CT molecular complexity index is 951. The number of benzene rings is 3. The number of hydrogen-bond donors (Lipinski definition) is 0. The predicted molar refractivity (Wildman–Crippen MR) is 98.8 cm³/mol. The van der Waals surface area contributed by atoms with Gasteiger partial charge in [0.1, 0.15) is 6.61 Å². The smallest absolute Gasteiger partial charge is 0.339 e. The first-order valence-electron chi connectivity index (χ1n) is 8.12. The molecule has 5 heteroatoms. The fourth-order valence-electron chi connectivity index (χ4n) is 2.73. The van der Waals surface area contributed by atoms with Crippen molar-refractivity contribution >= 4 is 11.7 Å². The molecule has 0 bridgehead atoms. The third kappa shape index (κ3) is 3.78. The van der Waals surface area contributed by atoms with Crippen molar-refractivity contribution in [1.82, 2.24) is 0 Å². The molecular formula is C21H17NO4. The van der Waals surface area contributed by atoms with E-state index in [1.54, 1.807) is 6.07 Å². The monoisotopic (exact) mass is 347 g/mol. The van der Waals surface area contributed by atoms with Crippen molar-refractivity contribution < 1.29 is 14.5 Å². The number of nitro benzene ring substituents is 1. The highest BCUT2D eigenvalue weighted by molar-refractivity contribution is 5.98. The minimum absolute atomic E-state index is 0.107. The topological polar surface area (TPSA) is 69.4 Å². The van der Waals surface area contributed by atoms with Crippen LogP contribution in [0.25, 0.3) is 11.1 Å². The van der Waals surface area contributed by atoms with Crippen LogP contribution in [0, 0.1) is 17.0 Å². The highest BCUT2D eigenvalue weighted by atomic mass is 16.6. The van der Waals surface area contributed by atoms with E-state index in [1.165, 1.54) is 12.1 Å². The van der Waals surface area contributed by atoms with E-state index in [2.05, 4.69) is 0 Å². The quantitative estimate of drug-likeness (QED) is 0.373. The molecule has 3 aromatic rings. The predicted octanol–water partition coefficient (Wildman–Crippen LogP) is 4.93. The molecule has 0 saturated carbocycles. The zero-order valence-electron chi connectivity index (χ0n) is 14.2. The van der Waals surface area contributed by atoms with Crippen LogP contribution < -0.4 is 0 Å². The Morgan fingerprint density at radius 3 is 2.35 bits per heavy atom. The number of ether oxygens (including phenoxy) is 1. The molecule has 0 radical (unpaired) electrons. The number of rotatable bonds is 5. The number of esters is 1. The van der Waals surface area contributed by atoms with Crippen molar-refractivity contribution in [1.29, 1.82) is 0 Å². The zero-order valence-corrected chi connectivity index (χ0v) is 14.2. The van der Waals surface area contributed by atoms with E-state index in [4.69, 9.17) is 4.74 Å². The number of nitro groups is 1. The molecular weight excluding hydrogens is 330 g/mol. The largest absolute Gasteiger partial charge is 0.457 e. The van der Waals surface area contributed by atoms with Gasteiger partial charge in [0.25, 0.3) is 5.69 Å². The Morgan fingerprint density at radius 1 is 0.962 bits per heavy atom. The Balaban J connectivity index is 1.97. The first-order valence-corrected chi connectivity index (χ1v) is 8.12. The lowest BCUT2D eigenvalue weighted by molar-refractivity contribution is -0.384. The second-order valence-corrected chi connectivity index (χ2v) is 5.86. The normalized spacial score (nSPS) is 10.3. The summed E-state index contributed by atoms with van der Waals surface area (Å²) < 4.78 is 5.39. The molecule has 0 atom stereocenters. The Hall–Kier alpha value is -3.47. The summed E-state index contributed by atoms with van der Waals surface area (Å²) in [6.45, 7) is 2.03. The van der Waals surface area contributed by atoms with Crippen molar-refractivity contribution in [2.45, 2.75) is 13.5 Å². The summed E-state index contributed by atoms with van der Waals surface area (Å²) in [6.07, 6.45) is 0. The van der Waals surface area contributed by atoms with Crippen LogP contribution in [-0.4, -0.2) is 10.9 Å². The number of non-ortho nitro benzene ring substituents is 1. The molecule has 0 aliphatic heterocycles. The van der Waals surface area contributed by atoms with E-state index in [1.807, 2.05) is 61.5 Å². The van der Waals surface area contributed by atoms with Crippen LogP contribution in [0.2, 0.25) is 0 Å². The molecule has 0 N–H and O–H groups in total. The lowest BCUT2D eigenvalue weighted by Gasteiger charge is -2.12. The summed E-state index contributed by atoms with van der Waals surface area (Å²) in [5.74, 6) is -0.587. The van der Waals surface area contributed by atoms with Crippen LogP contribution >= 0.6 is 0 Å². The molecule has 5 nitrogen and oxygen atoms in total. The van der Waals surface area contributed by atoms with E-state index in [9.17, 15) is 14.9 Å². The number of carbonyl (C=O) groups is 1. The lowest BCUT2D eigenvalue weighted by Crippen LogP contribution is -2.08. The van der Waals surface area contributed by atoms with Crippen molar-refractivity contribution in [3.8, 4) is 11.1 Å². The van der Waals surface area contributed by atoms with E-state index in [0.717, 1.165) is 16.7 Å². The molecule has 3 rings (SSSR count). The van der Waals surface area contributed by atoms with E-state index < -0.39 is 10.9 Å². The summed E-state index contributed by atoms with van der Waals surface area (Å²) >= 11 is 0. The van der Waals surface area contributed by atoms with Gasteiger partial charge in [0.2, 0.25) is 0 Å². The summed E-state index contributed by atoms with van der Waals surface area (Å²) in [4.78, 5) is 23.3. The van der Waals surface area contributed by atoms with Crippen molar-refractivity contribution in [2.24, 2.45) is 0 Å². The third-order valence-corrected chi connectivity index (χ3v) is 4.08. The van der Waals surface area contributed by atoms with Crippen LogP contribution in [0.5, 0.6) is 0 Å². The fourth-order valence-corrected chi connectivity index (χ4v) is 2.73. The number of aryl methyl sites for hydroxylation is 1. The number of carbonyl (C=O) groups excluding carboxylic acids is 1. The van der Waals surface area contributed by atoms with Crippen LogP contribution in [0.3, 0.4) is 0 Å². The first-order chi connectivity index (χ1) is 12.6. The van der Waals surface area contributed by atoms with Crippen molar-refractivity contribution in [3.05, 3.63) is 99.6 Å². The molecule has 3 aromatic carbocycles. The lowest BCUT2D eigenvalue weighted by atomic mass is 9.95. The van der Waals surface area contributed by atoms with Crippen LogP contribution in [0.4, 0.5) is 5.69 Å². The fraction of sp³-hybridized carbons (Fsp3) is 0.0952. The molecule has 0 unspecified atom stereocenters. The molecule has 0 heterocycles. The van der Waals surface area contributed by atoms with Crippen LogP contribution in [-0.2, 0) is 11.3 Å². The second-order valence-electron chi connectivity index (χ2n) is 5.86. The molecule has 0 saturated heterocycles. The maximum absolute atomic E-state index is 12.7. The first kappa shape index (κ1) is 17.4. The molecule has 0 aliphatic rings. The molecule has 0 spiro atoms. The summed E-state index contributed by atoms with van der Waals surface area (Å²) in [5, 5.41) is 11.1. The Kier molecular flexibility index (Phi) is 5.08. The Morgan fingerprint density at radius 2 is 1.65 bits per heavy atom. The molecule has 0 aromatic heterocycles. The number of hydrogen-bond acceptors (Lipinski definition) is 4. The van der Waals surface area contributed by atoms with Gasteiger partial charge in [0, 0.05) is 12.1 Å². The third-order valence-electron chi connectivity index (χ3n) is 4.08. The average Bonchev–Trinajstić information content (AvgIpc) is 2.67. The highest BCUT2D eigenvalue weighted by Crippen LogP contribution is 2.30. The molecule has 130 valence electrons. The molecule has 0 aliphatic carbocycles. The summed E-state index contributed by atoms with van der Waals surface area (Å²) in [6, 6.07) is 21.1. The molecule has 0 amide bonds. The van der Waals surface area contributed by atoms with Gasteiger partial charge in [-0.05, 0) is 35.2 Å².